The number of aryl methyl sites for hydroxylation is 1. The molecule has 1 atom stereocenters. The van der Waals surface area contributed by atoms with Gasteiger partial charge in [0.05, 0.1) is 11.0 Å². The number of imidazole rings is 1. The van der Waals surface area contributed by atoms with Crippen LogP contribution in [-0.4, -0.2) is 27.5 Å². The molecule has 4 heteroatoms. The van der Waals surface area contributed by atoms with Gasteiger partial charge in [-0.15, -0.1) is 0 Å². The van der Waals surface area contributed by atoms with Crippen LogP contribution in [0.4, 0.5) is 5.95 Å². The summed E-state index contributed by atoms with van der Waals surface area (Å²) in [4.78, 5) is 7.26. The SMILES string of the molecule is Cn1c(N2CCCCC2CBr)nc2ccccc21. The Balaban J connectivity index is 2.04. The molecule has 18 heavy (non-hydrogen) atoms. The number of benzene rings is 1. The van der Waals surface area contributed by atoms with Crippen molar-refractivity contribution in [2.75, 3.05) is 16.8 Å². The highest BCUT2D eigenvalue weighted by molar-refractivity contribution is 9.09. The van der Waals surface area contributed by atoms with Gasteiger partial charge >= 0.3 is 0 Å². The van der Waals surface area contributed by atoms with Crippen molar-refractivity contribution >= 4 is 32.9 Å². The summed E-state index contributed by atoms with van der Waals surface area (Å²) in [5, 5.41) is 1.02. The lowest BCUT2D eigenvalue weighted by molar-refractivity contribution is 0.480. The molecule has 0 spiro atoms. The fraction of sp³-hybridized carbons (Fsp3) is 0.500. The topological polar surface area (TPSA) is 21.1 Å². The average Bonchev–Trinajstić information content (AvgIpc) is 2.76. The van der Waals surface area contributed by atoms with Gasteiger partial charge < -0.3 is 9.47 Å². The van der Waals surface area contributed by atoms with E-state index in [0.717, 1.165) is 23.3 Å². The zero-order valence-corrected chi connectivity index (χ0v) is 12.2. The second kappa shape index (κ2) is 4.92. The zero-order chi connectivity index (χ0) is 12.5. The molecule has 0 N–H and O–H groups in total. The van der Waals surface area contributed by atoms with Crippen molar-refractivity contribution in [3.05, 3.63) is 24.3 Å². The van der Waals surface area contributed by atoms with Crippen LogP contribution in [0.25, 0.3) is 11.0 Å². The fourth-order valence-electron chi connectivity index (χ4n) is 2.81. The molecule has 1 saturated heterocycles. The molecule has 1 aromatic heterocycles. The van der Waals surface area contributed by atoms with E-state index in [9.17, 15) is 0 Å². The van der Waals surface area contributed by atoms with E-state index < -0.39 is 0 Å². The molecule has 0 bridgehead atoms. The molecule has 1 aliphatic heterocycles. The third kappa shape index (κ3) is 1.92. The molecule has 3 rings (SSSR count). The van der Waals surface area contributed by atoms with E-state index in [2.05, 4.69) is 56.7 Å². The molecule has 0 saturated carbocycles. The number of para-hydroxylation sites is 2. The van der Waals surface area contributed by atoms with Crippen LogP contribution < -0.4 is 4.90 Å². The second-order valence-electron chi connectivity index (χ2n) is 4.96. The largest absolute Gasteiger partial charge is 0.338 e. The monoisotopic (exact) mass is 307 g/mol. The van der Waals surface area contributed by atoms with Gasteiger partial charge in [-0.05, 0) is 31.4 Å². The number of rotatable bonds is 2. The number of nitrogens with zero attached hydrogens (tertiary/aromatic N) is 3. The quantitative estimate of drug-likeness (QED) is 0.794. The Labute approximate surface area is 116 Å². The van der Waals surface area contributed by atoms with Crippen LogP contribution in [0.2, 0.25) is 0 Å². The van der Waals surface area contributed by atoms with Crippen LogP contribution in [0.5, 0.6) is 0 Å². The summed E-state index contributed by atoms with van der Waals surface area (Å²) in [7, 11) is 2.12. The van der Waals surface area contributed by atoms with Gasteiger partial charge in [-0.25, -0.2) is 4.98 Å². The zero-order valence-electron chi connectivity index (χ0n) is 10.6. The van der Waals surface area contributed by atoms with Crippen LogP contribution in [0.3, 0.4) is 0 Å². The third-order valence-electron chi connectivity index (χ3n) is 3.83. The molecule has 1 aliphatic rings. The highest BCUT2D eigenvalue weighted by atomic mass is 79.9. The molecule has 0 amide bonds. The van der Waals surface area contributed by atoms with E-state index in [1.807, 2.05) is 0 Å². The molecule has 1 aromatic carbocycles. The first-order chi connectivity index (χ1) is 8.81. The highest BCUT2D eigenvalue weighted by Gasteiger charge is 2.25. The number of fused-ring (bicyclic) bond motifs is 1. The predicted molar refractivity (Wildman–Crippen MR) is 79.5 cm³/mol. The highest BCUT2D eigenvalue weighted by Crippen LogP contribution is 2.27. The van der Waals surface area contributed by atoms with Crippen molar-refractivity contribution in [3.63, 3.8) is 0 Å². The predicted octanol–water partition coefficient (Wildman–Crippen LogP) is 3.33. The lowest BCUT2D eigenvalue weighted by atomic mass is 10.0. The van der Waals surface area contributed by atoms with E-state index >= 15 is 0 Å². The van der Waals surface area contributed by atoms with Gasteiger partial charge in [0.1, 0.15) is 0 Å². The lowest BCUT2D eigenvalue weighted by Gasteiger charge is -2.35. The van der Waals surface area contributed by atoms with Crippen molar-refractivity contribution in [1.82, 2.24) is 9.55 Å². The van der Waals surface area contributed by atoms with E-state index in [1.54, 1.807) is 0 Å². The minimum atomic E-state index is 0.578. The minimum Gasteiger partial charge on any atom is -0.338 e. The standard InChI is InChI=1S/C14H18BrN3/c1-17-13-8-3-2-7-12(13)16-14(17)18-9-5-4-6-11(18)10-15/h2-3,7-8,11H,4-6,9-10H2,1H3. The van der Waals surface area contributed by atoms with E-state index in [4.69, 9.17) is 4.98 Å². The number of hydrogen-bond acceptors (Lipinski definition) is 2. The first-order valence-electron chi connectivity index (χ1n) is 6.55. The maximum atomic E-state index is 4.80. The Morgan fingerprint density at radius 3 is 2.94 bits per heavy atom. The lowest BCUT2D eigenvalue weighted by Crippen LogP contribution is -2.42. The number of hydrogen-bond donors (Lipinski definition) is 0. The van der Waals surface area contributed by atoms with Crippen LogP contribution in [0, 0.1) is 0 Å². The first kappa shape index (κ1) is 12.0. The minimum absolute atomic E-state index is 0.578. The van der Waals surface area contributed by atoms with Gasteiger partial charge in [-0.1, -0.05) is 28.1 Å². The number of piperidine rings is 1. The van der Waals surface area contributed by atoms with Crippen LogP contribution in [-0.2, 0) is 7.05 Å². The maximum Gasteiger partial charge on any atom is 0.206 e. The third-order valence-corrected chi connectivity index (χ3v) is 4.57. The smallest absolute Gasteiger partial charge is 0.206 e. The summed E-state index contributed by atoms with van der Waals surface area (Å²) in [6, 6.07) is 8.93. The van der Waals surface area contributed by atoms with Crippen LogP contribution >= 0.6 is 15.9 Å². The van der Waals surface area contributed by atoms with Gasteiger partial charge in [0.2, 0.25) is 5.95 Å². The van der Waals surface area contributed by atoms with Crippen LogP contribution in [0.15, 0.2) is 24.3 Å². The number of alkyl halides is 1. The molecule has 1 unspecified atom stereocenters. The summed E-state index contributed by atoms with van der Waals surface area (Å²) in [6.07, 6.45) is 3.86. The van der Waals surface area contributed by atoms with Crippen molar-refractivity contribution in [2.24, 2.45) is 7.05 Å². The Kier molecular flexibility index (Phi) is 3.29. The van der Waals surface area contributed by atoms with E-state index in [-0.39, 0.29) is 0 Å². The van der Waals surface area contributed by atoms with Gasteiger partial charge in [-0.3, -0.25) is 0 Å². The maximum absolute atomic E-state index is 4.80. The summed E-state index contributed by atoms with van der Waals surface area (Å²) in [6.45, 7) is 1.12. The fourth-order valence-corrected chi connectivity index (χ4v) is 3.49. The average molecular weight is 308 g/mol. The number of aromatic nitrogens is 2. The van der Waals surface area contributed by atoms with Gasteiger partial charge in [-0.2, -0.15) is 0 Å². The molecular formula is C14H18BrN3. The Morgan fingerprint density at radius 1 is 1.33 bits per heavy atom. The normalized spacial score (nSPS) is 20.6. The van der Waals surface area contributed by atoms with Crippen molar-refractivity contribution < 1.29 is 0 Å². The summed E-state index contributed by atoms with van der Waals surface area (Å²) >= 11 is 3.64. The molecule has 1 fully saturated rings. The molecule has 3 nitrogen and oxygen atoms in total. The molecular weight excluding hydrogens is 290 g/mol. The van der Waals surface area contributed by atoms with Gasteiger partial charge in [0.15, 0.2) is 0 Å². The van der Waals surface area contributed by atoms with Crippen molar-refractivity contribution in [1.29, 1.82) is 0 Å². The molecule has 2 heterocycles. The number of anilines is 1. The molecule has 0 radical (unpaired) electrons. The Hall–Kier alpha value is -1.03. The van der Waals surface area contributed by atoms with Crippen LogP contribution in [0.1, 0.15) is 19.3 Å². The number of halogens is 1. The Morgan fingerprint density at radius 2 is 2.17 bits per heavy atom. The van der Waals surface area contributed by atoms with Crippen molar-refractivity contribution in [2.45, 2.75) is 25.3 Å². The summed E-state index contributed by atoms with van der Waals surface area (Å²) < 4.78 is 2.22. The Bertz CT molecular complexity index is 549. The summed E-state index contributed by atoms with van der Waals surface area (Å²) in [5.41, 5.74) is 2.31. The molecule has 96 valence electrons. The van der Waals surface area contributed by atoms with E-state index in [0.29, 0.717) is 6.04 Å². The van der Waals surface area contributed by atoms with Crippen molar-refractivity contribution in [3.8, 4) is 0 Å². The summed E-state index contributed by atoms with van der Waals surface area (Å²) in [5.74, 6) is 1.11. The molecule has 0 aliphatic carbocycles. The second-order valence-corrected chi connectivity index (χ2v) is 5.60. The van der Waals surface area contributed by atoms with Gasteiger partial charge in [0.25, 0.3) is 0 Å². The van der Waals surface area contributed by atoms with E-state index in [1.165, 1.54) is 24.8 Å². The van der Waals surface area contributed by atoms with Gasteiger partial charge in [0, 0.05) is 25.0 Å². The first-order valence-corrected chi connectivity index (χ1v) is 7.67. The molecule has 2 aromatic rings.